The average Bonchev–Trinajstić information content (AvgIpc) is 2.15. The zero-order valence-electron chi connectivity index (χ0n) is 7.70. The Balaban J connectivity index is 0.00000169. The highest BCUT2D eigenvalue weighted by molar-refractivity contribution is 5.48. The standard InChI is InChI=1S/C10H11NO2.CH4/c1-8-4-3-5-10(9(8)6-11)13-7-12-2;/h3-5H,7H2,1-2H3;1H4. The summed E-state index contributed by atoms with van der Waals surface area (Å²) in [5.74, 6) is 0.573. The quantitative estimate of drug-likeness (QED) is 0.692. The van der Waals surface area contributed by atoms with Gasteiger partial charge in [0.2, 0.25) is 0 Å². The Labute approximate surface area is 84.9 Å². The zero-order valence-corrected chi connectivity index (χ0v) is 7.70. The maximum atomic E-state index is 8.83. The first-order valence-electron chi connectivity index (χ1n) is 3.91. The summed E-state index contributed by atoms with van der Waals surface area (Å²) in [7, 11) is 1.54. The monoisotopic (exact) mass is 193 g/mol. The van der Waals surface area contributed by atoms with E-state index in [4.69, 9.17) is 14.7 Å². The molecule has 0 fully saturated rings. The Morgan fingerprint density at radius 2 is 2.14 bits per heavy atom. The lowest BCUT2D eigenvalue weighted by Crippen LogP contribution is -2.01. The largest absolute Gasteiger partial charge is 0.466 e. The Kier molecular flexibility index (Phi) is 5.35. The molecule has 0 saturated heterocycles. The van der Waals surface area contributed by atoms with Gasteiger partial charge in [0.1, 0.15) is 11.8 Å². The van der Waals surface area contributed by atoms with Gasteiger partial charge in [-0.2, -0.15) is 5.26 Å². The van der Waals surface area contributed by atoms with Crippen molar-refractivity contribution < 1.29 is 9.47 Å². The minimum absolute atomic E-state index is 0. The molecular weight excluding hydrogens is 178 g/mol. The summed E-state index contributed by atoms with van der Waals surface area (Å²) in [6.45, 7) is 2.04. The van der Waals surface area contributed by atoms with Crippen LogP contribution in [0.3, 0.4) is 0 Å². The molecule has 0 bridgehead atoms. The minimum Gasteiger partial charge on any atom is -0.466 e. The van der Waals surface area contributed by atoms with Gasteiger partial charge in [-0.1, -0.05) is 19.6 Å². The van der Waals surface area contributed by atoms with Gasteiger partial charge in [0.25, 0.3) is 0 Å². The van der Waals surface area contributed by atoms with Gasteiger partial charge in [-0.15, -0.1) is 0 Å². The second kappa shape index (κ2) is 6.01. The van der Waals surface area contributed by atoms with Gasteiger partial charge in [-0.3, -0.25) is 0 Å². The van der Waals surface area contributed by atoms with Crippen LogP contribution in [0.5, 0.6) is 5.75 Å². The van der Waals surface area contributed by atoms with E-state index in [1.807, 2.05) is 19.1 Å². The number of hydrogen-bond acceptors (Lipinski definition) is 3. The highest BCUT2D eigenvalue weighted by Crippen LogP contribution is 2.20. The molecule has 0 aliphatic rings. The molecular formula is C11H15NO2. The van der Waals surface area contributed by atoms with Crippen molar-refractivity contribution in [1.82, 2.24) is 0 Å². The van der Waals surface area contributed by atoms with Crippen LogP contribution < -0.4 is 4.74 Å². The van der Waals surface area contributed by atoms with Gasteiger partial charge >= 0.3 is 0 Å². The SMILES string of the molecule is C.COCOc1cccc(C)c1C#N. The first-order valence-corrected chi connectivity index (χ1v) is 3.91. The van der Waals surface area contributed by atoms with Gasteiger partial charge in [0.05, 0.1) is 5.56 Å². The molecule has 0 heterocycles. The van der Waals surface area contributed by atoms with E-state index in [1.165, 1.54) is 0 Å². The maximum absolute atomic E-state index is 8.83. The van der Waals surface area contributed by atoms with E-state index in [-0.39, 0.29) is 14.2 Å². The van der Waals surface area contributed by atoms with E-state index in [0.29, 0.717) is 11.3 Å². The molecule has 0 spiro atoms. The lowest BCUT2D eigenvalue weighted by molar-refractivity contribution is 0.0509. The predicted octanol–water partition coefficient (Wildman–Crippen LogP) is 2.49. The van der Waals surface area contributed by atoms with Crippen LogP contribution in [0.2, 0.25) is 0 Å². The Morgan fingerprint density at radius 1 is 1.43 bits per heavy atom. The maximum Gasteiger partial charge on any atom is 0.188 e. The van der Waals surface area contributed by atoms with E-state index >= 15 is 0 Å². The van der Waals surface area contributed by atoms with Crippen molar-refractivity contribution in [2.24, 2.45) is 0 Å². The summed E-state index contributed by atoms with van der Waals surface area (Å²) in [6.07, 6.45) is 0. The van der Waals surface area contributed by atoms with Gasteiger partial charge < -0.3 is 9.47 Å². The number of aryl methyl sites for hydroxylation is 1. The molecule has 3 heteroatoms. The molecule has 1 aromatic carbocycles. The molecule has 0 aliphatic carbocycles. The molecule has 0 N–H and O–H groups in total. The third kappa shape index (κ3) is 2.75. The van der Waals surface area contributed by atoms with Gasteiger partial charge in [-0.05, 0) is 18.6 Å². The number of methoxy groups -OCH3 is 1. The van der Waals surface area contributed by atoms with E-state index in [2.05, 4.69) is 6.07 Å². The molecule has 0 saturated carbocycles. The molecule has 0 unspecified atom stereocenters. The summed E-state index contributed by atoms with van der Waals surface area (Å²) in [5.41, 5.74) is 1.48. The van der Waals surface area contributed by atoms with Gasteiger partial charge in [0.15, 0.2) is 6.79 Å². The summed E-state index contributed by atoms with van der Waals surface area (Å²) < 4.78 is 9.97. The van der Waals surface area contributed by atoms with Crippen molar-refractivity contribution in [3.05, 3.63) is 29.3 Å². The van der Waals surface area contributed by atoms with Crippen molar-refractivity contribution in [2.75, 3.05) is 13.9 Å². The van der Waals surface area contributed by atoms with Crippen LogP contribution in [-0.4, -0.2) is 13.9 Å². The lowest BCUT2D eigenvalue weighted by Gasteiger charge is -2.07. The minimum atomic E-state index is 0. The molecule has 0 radical (unpaired) electrons. The van der Waals surface area contributed by atoms with Crippen LogP contribution in [0.4, 0.5) is 0 Å². The summed E-state index contributed by atoms with van der Waals surface area (Å²) in [4.78, 5) is 0. The molecule has 3 nitrogen and oxygen atoms in total. The zero-order chi connectivity index (χ0) is 9.68. The fourth-order valence-electron chi connectivity index (χ4n) is 1.03. The van der Waals surface area contributed by atoms with Crippen LogP contribution in [-0.2, 0) is 4.74 Å². The summed E-state index contributed by atoms with van der Waals surface area (Å²) in [5, 5.41) is 8.83. The fraction of sp³-hybridized carbons (Fsp3) is 0.364. The Bertz CT molecular complexity index is 329. The number of nitrogens with zero attached hydrogens (tertiary/aromatic N) is 1. The number of rotatable bonds is 3. The molecule has 1 aromatic rings. The first-order chi connectivity index (χ1) is 6.29. The molecule has 0 atom stereocenters. The van der Waals surface area contributed by atoms with E-state index < -0.39 is 0 Å². The van der Waals surface area contributed by atoms with Crippen molar-refractivity contribution >= 4 is 0 Å². The molecule has 1 rings (SSSR count). The summed E-state index contributed by atoms with van der Waals surface area (Å²) in [6, 6.07) is 7.57. The van der Waals surface area contributed by atoms with Crippen molar-refractivity contribution in [2.45, 2.75) is 14.4 Å². The fourth-order valence-corrected chi connectivity index (χ4v) is 1.03. The van der Waals surface area contributed by atoms with Crippen LogP contribution in [0, 0.1) is 18.3 Å². The topological polar surface area (TPSA) is 42.2 Å². The van der Waals surface area contributed by atoms with Crippen molar-refractivity contribution in [1.29, 1.82) is 5.26 Å². The number of nitriles is 1. The smallest absolute Gasteiger partial charge is 0.188 e. The average molecular weight is 193 g/mol. The second-order valence-electron chi connectivity index (χ2n) is 2.61. The molecule has 0 amide bonds. The summed E-state index contributed by atoms with van der Waals surface area (Å²) >= 11 is 0. The van der Waals surface area contributed by atoms with Crippen LogP contribution >= 0.6 is 0 Å². The highest BCUT2D eigenvalue weighted by Gasteiger charge is 2.04. The van der Waals surface area contributed by atoms with E-state index in [0.717, 1.165) is 5.56 Å². The van der Waals surface area contributed by atoms with Gasteiger partial charge in [-0.25, -0.2) is 0 Å². The van der Waals surface area contributed by atoms with Gasteiger partial charge in [0, 0.05) is 7.11 Å². The number of ether oxygens (including phenoxy) is 2. The first kappa shape index (κ1) is 12.5. The number of benzene rings is 1. The molecule has 0 aliphatic heterocycles. The Morgan fingerprint density at radius 3 is 2.71 bits per heavy atom. The predicted molar refractivity (Wildman–Crippen MR) is 55.1 cm³/mol. The Hall–Kier alpha value is -1.53. The molecule has 0 aromatic heterocycles. The van der Waals surface area contributed by atoms with Crippen LogP contribution in [0.1, 0.15) is 18.6 Å². The number of hydrogen-bond donors (Lipinski definition) is 0. The van der Waals surface area contributed by atoms with Crippen LogP contribution in [0.25, 0.3) is 0 Å². The molecule has 14 heavy (non-hydrogen) atoms. The third-order valence-electron chi connectivity index (χ3n) is 1.68. The third-order valence-corrected chi connectivity index (χ3v) is 1.68. The van der Waals surface area contributed by atoms with E-state index in [1.54, 1.807) is 13.2 Å². The van der Waals surface area contributed by atoms with E-state index in [9.17, 15) is 0 Å². The lowest BCUT2D eigenvalue weighted by atomic mass is 10.1. The highest BCUT2D eigenvalue weighted by atomic mass is 16.7. The normalized spacial score (nSPS) is 8.64. The second-order valence-corrected chi connectivity index (χ2v) is 2.61. The molecule has 76 valence electrons. The van der Waals surface area contributed by atoms with Crippen molar-refractivity contribution in [3.8, 4) is 11.8 Å². The van der Waals surface area contributed by atoms with Crippen molar-refractivity contribution in [3.63, 3.8) is 0 Å². The van der Waals surface area contributed by atoms with Crippen LogP contribution in [0.15, 0.2) is 18.2 Å².